The minimum Gasteiger partial charge on any atom is -0.488 e. The Labute approximate surface area is 222 Å². The van der Waals surface area contributed by atoms with Gasteiger partial charge in [0.05, 0.1) is 18.6 Å². The molecule has 2 aromatic carbocycles. The van der Waals surface area contributed by atoms with Gasteiger partial charge in [-0.05, 0) is 38.3 Å². The average Bonchev–Trinajstić information content (AvgIpc) is 2.84. The molecule has 2 aliphatic heterocycles. The van der Waals surface area contributed by atoms with E-state index in [1.807, 2.05) is 54.0 Å². The summed E-state index contributed by atoms with van der Waals surface area (Å²) in [6.45, 7) is 7.02. The molecule has 2 aromatic rings. The molecule has 0 spiro atoms. The Hall–Kier alpha value is -3.04. The molecule has 3 unspecified atom stereocenters. The van der Waals surface area contributed by atoms with Crippen molar-refractivity contribution >= 4 is 11.7 Å². The zero-order chi connectivity index (χ0) is 27.4. The van der Waals surface area contributed by atoms with E-state index in [1.165, 1.54) is 12.1 Å². The lowest BCUT2D eigenvalue weighted by Crippen LogP contribution is -2.53. The number of nitrogens with zero attached hydrogens (tertiary/aromatic N) is 2. The number of likely N-dealkylation sites (tertiary alicyclic amines) is 1. The maximum atomic E-state index is 15.7. The minimum absolute atomic E-state index is 0.102. The van der Waals surface area contributed by atoms with E-state index < -0.39 is 29.6 Å². The predicted molar refractivity (Wildman–Crippen MR) is 141 cm³/mol. The molecule has 1 fully saturated rings. The van der Waals surface area contributed by atoms with Gasteiger partial charge >= 0.3 is 5.97 Å². The summed E-state index contributed by atoms with van der Waals surface area (Å²) in [7, 11) is 0. The van der Waals surface area contributed by atoms with Crippen LogP contribution in [0.2, 0.25) is 0 Å². The highest BCUT2D eigenvalue weighted by Gasteiger charge is 2.37. The Morgan fingerprint density at radius 2 is 1.89 bits per heavy atom. The van der Waals surface area contributed by atoms with Crippen LogP contribution in [0.25, 0.3) is 0 Å². The summed E-state index contributed by atoms with van der Waals surface area (Å²) < 4.78 is 49.7. The lowest BCUT2D eigenvalue weighted by atomic mass is 9.91. The summed E-state index contributed by atoms with van der Waals surface area (Å²) in [6.07, 6.45) is 2.78. The van der Waals surface area contributed by atoms with Crippen molar-refractivity contribution < 1.29 is 27.8 Å². The number of hydrogen-bond acceptors (Lipinski definition) is 5. The van der Waals surface area contributed by atoms with Gasteiger partial charge in [0.1, 0.15) is 23.5 Å². The molecular weight excluding hydrogens is 495 g/mol. The third kappa shape index (κ3) is 6.32. The summed E-state index contributed by atoms with van der Waals surface area (Å²) in [5.41, 5.74) is 2.24. The van der Waals surface area contributed by atoms with E-state index in [9.17, 15) is 14.3 Å². The smallest absolute Gasteiger partial charge is 0.307 e. The quantitative estimate of drug-likeness (QED) is 0.397. The van der Waals surface area contributed by atoms with E-state index in [0.717, 1.165) is 11.3 Å². The number of carboxylic acid groups (broad SMARTS) is 1. The molecule has 9 heteroatoms. The van der Waals surface area contributed by atoms with Crippen LogP contribution in [-0.4, -0.2) is 65.9 Å². The summed E-state index contributed by atoms with van der Waals surface area (Å²) in [5, 5.41) is 12.9. The van der Waals surface area contributed by atoms with Crippen LogP contribution in [0.3, 0.4) is 0 Å². The first-order valence-electron chi connectivity index (χ1n) is 13.1. The van der Waals surface area contributed by atoms with Crippen LogP contribution in [-0.2, 0) is 4.79 Å². The van der Waals surface area contributed by atoms with E-state index in [0.29, 0.717) is 38.2 Å². The standard InChI is InChI=1S/C29H36F3N3O3/c1-18-7-4-5-8-25(18)33-26-10-9-20(3)35(15-19(2)29(36)37)28(26)27-23(31)13-21(14-24(27)32)38-22-16-34(17-22)12-6-11-30/h4-5,7-8,10,13-14,19-20,22,28,33H,6,9,11-12,15-17H2,1-3H3,(H,36,37). The first-order valence-corrected chi connectivity index (χ1v) is 13.1. The molecule has 3 atom stereocenters. The molecule has 1 saturated heterocycles. The maximum absolute atomic E-state index is 15.7. The number of hydrogen-bond donors (Lipinski definition) is 2. The fraction of sp³-hybridized carbons (Fsp3) is 0.483. The molecule has 0 amide bonds. The van der Waals surface area contributed by atoms with E-state index in [2.05, 4.69) is 5.32 Å². The van der Waals surface area contributed by atoms with Crippen molar-refractivity contribution in [3.8, 4) is 5.75 Å². The number of benzene rings is 2. The van der Waals surface area contributed by atoms with E-state index in [4.69, 9.17) is 4.74 Å². The second kappa shape index (κ2) is 12.2. The van der Waals surface area contributed by atoms with Gasteiger partial charge in [0.2, 0.25) is 0 Å². The average molecular weight is 532 g/mol. The Bertz CT molecular complexity index is 1150. The number of aliphatic carboxylic acids is 1. The number of rotatable bonds is 11. The van der Waals surface area contributed by atoms with Gasteiger partial charge in [-0.3, -0.25) is 19.0 Å². The van der Waals surface area contributed by atoms with Crippen LogP contribution in [0.4, 0.5) is 18.9 Å². The van der Waals surface area contributed by atoms with Crippen molar-refractivity contribution in [2.75, 3.05) is 38.2 Å². The first-order chi connectivity index (χ1) is 18.2. The van der Waals surface area contributed by atoms with Crippen molar-refractivity contribution in [3.63, 3.8) is 0 Å². The molecule has 38 heavy (non-hydrogen) atoms. The largest absolute Gasteiger partial charge is 0.488 e. The van der Waals surface area contributed by atoms with Gasteiger partial charge in [-0.15, -0.1) is 0 Å². The third-order valence-electron chi connectivity index (χ3n) is 7.36. The molecule has 2 aliphatic rings. The molecule has 2 N–H and O–H groups in total. The van der Waals surface area contributed by atoms with Crippen LogP contribution >= 0.6 is 0 Å². The van der Waals surface area contributed by atoms with Gasteiger partial charge in [-0.2, -0.15) is 0 Å². The summed E-state index contributed by atoms with van der Waals surface area (Å²) >= 11 is 0. The zero-order valence-corrected chi connectivity index (χ0v) is 22.1. The van der Waals surface area contributed by atoms with Gasteiger partial charge in [0, 0.05) is 61.3 Å². The summed E-state index contributed by atoms with van der Waals surface area (Å²) in [6, 6.07) is 9.05. The molecule has 0 bridgehead atoms. The fourth-order valence-electron chi connectivity index (χ4n) is 5.11. The number of alkyl halides is 1. The summed E-state index contributed by atoms with van der Waals surface area (Å²) in [4.78, 5) is 15.6. The van der Waals surface area contributed by atoms with Crippen LogP contribution < -0.4 is 10.1 Å². The van der Waals surface area contributed by atoms with Gasteiger partial charge < -0.3 is 15.2 Å². The third-order valence-corrected chi connectivity index (χ3v) is 7.36. The van der Waals surface area contributed by atoms with Crippen molar-refractivity contribution in [2.45, 2.75) is 51.8 Å². The maximum Gasteiger partial charge on any atom is 0.307 e. The minimum atomic E-state index is -0.968. The Morgan fingerprint density at radius 3 is 2.53 bits per heavy atom. The number of carbonyl (C=O) groups is 1. The SMILES string of the molecule is Cc1ccccc1NC1=CCC(C)N(CC(C)C(=O)O)C1c1c(F)cc(OC2CN(CCCF)C2)cc1F. The van der Waals surface area contributed by atoms with Crippen LogP contribution in [0.15, 0.2) is 48.2 Å². The van der Waals surface area contributed by atoms with Gasteiger partial charge in [0.25, 0.3) is 0 Å². The topological polar surface area (TPSA) is 65.0 Å². The normalized spacial score (nSPS) is 21.5. The molecule has 206 valence electrons. The highest BCUT2D eigenvalue weighted by molar-refractivity contribution is 5.69. The van der Waals surface area contributed by atoms with Gasteiger partial charge in [0.15, 0.2) is 0 Å². The fourth-order valence-corrected chi connectivity index (χ4v) is 5.11. The van der Waals surface area contributed by atoms with Gasteiger partial charge in [-0.1, -0.05) is 31.2 Å². The van der Waals surface area contributed by atoms with Gasteiger partial charge in [-0.25, -0.2) is 8.78 Å². The second-order valence-electron chi connectivity index (χ2n) is 10.4. The number of para-hydroxylation sites is 1. The van der Waals surface area contributed by atoms with Crippen LogP contribution in [0.1, 0.15) is 43.9 Å². The van der Waals surface area contributed by atoms with Crippen molar-refractivity contribution in [1.29, 1.82) is 0 Å². The van der Waals surface area contributed by atoms with E-state index in [1.54, 1.807) is 6.92 Å². The highest BCUT2D eigenvalue weighted by atomic mass is 19.1. The van der Waals surface area contributed by atoms with Crippen molar-refractivity contribution in [2.24, 2.45) is 5.92 Å². The van der Waals surface area contributed by atoms with Crippen LogP contribution in [0, 0.1) is 24.5 Å². The lowest BCUT2D eigenvalue weighted by molar-refractivity contribution is -0.142. The highest BCUT2D eigenvalue weighted by Crippen LogP contribution is 2.40. The molecule has 4 rings (SSSR count). The number of anilines is 1. The Morgan fingerprint density at radius 1 is 1.21 bits per heavy atom. The predicted octanol–water partition coefficient (Wildman–Crippen LogP) is 5.55. The molecule has 0 saturated carbocycles. The van der Waals surface area contributed by atoms with E-state index >= 15 is 8.78 Å². The molecular formula is C29H36F3N3O3. The number of carboxylic acids is 1. The molecule has 0 radical (unpaired) electrons. The number of halogens is 3. The summed E-state index contributed by atoms with van der Waals surface area (Å²) in [5.74, 6) is -3.10. The Kier molecular flexibility index (Phi) is 8.99. The number of aryl methyl sites for hydroxylation is 1. The second-order valence-corrected chi connectivity index (χ2v) is 10.4. The van der Waals surface area contributed by atoms with Crippen molar-refractivity contribution in [3.05, 3.63) is 70.9 Å². The van der Waals surface area contributed by atoms with Crippen LogP contribution in [0.5, 0.6) is 5.75 Å². The number of ether oxygens (including phenoxy) is 1. The monoisotopic (exact) mass is 531 g/mol. The molecule has 2 heterocycles. The molecule has 0 aromatic heterocycles. The lowest BCUT2D eigenvalue weighted by Gasteiger charge is -2.42. The Balaban J connectivity index is 1.64. The molecule has 0 aliphatic carbocycles. The van der Waals surface area contributed by atoms with E-state index in [-0.39, 0.29) is 36.7 Å². The molecule has 6 nitrogen and oxygen atoms in total. The first kappa shape index (κ1) is 28.0. The zero-order valence-electron chi connectivity index (χ0n) is 22.1. The van der Waals surface area contributed by atoms with Crippen molar-refractivity contribution in [1.82, 2.24) is 9.80 Å². The number of nitrogens with one attached hydrogen (secondary N) is 1.